The number of amides is 1. The Morgan fingerprint density at radius 3 is 2.00 bits per heavy atom. The van der Waals surface area contributed by atoms with E-state index < -0.39 is 5.60 Å². The maximum Gasteiger partial charge on any atom is 0.236 e. The molecule has 0 aromatic rings. The summed E-state index contributed by atoms with van der Waals surface area (Å²) in [6.45, 7) is 7.17. The number of hydrogen-bond acceptors (Lipinski definition) is 4. The number of hydrogen-bond donors (Lipinski definition) is 1. The number of carbonyl (C=O) groups excluding carboxylic acids is 1. The highest BCUT2D eigenvalue weighted by Gasteiger charge is 2.32. The van der Waals surface area contributed by atoms with Gasteiger partial charge in [0.05, 0.1) is 12.1 Å². The number of aliphatic hydroxyl groups is 1. The lowest BCUT2D eigenvalue weighted by Gasteiger charge is -2.41. The van der Waals surface area contributed by atoms with Crippen molar-refractivity contribution < 1.29 is 9.90 Å². The van der Waals surface area contributed by atoms with Crippen LogP contribution >= 0.6 is 0 Å². The lowest BCUT2D eigenvalue weighted by Crippen LogP contribution is -2.54. The molecular weight excluding hydrogens is 290 g/mol. The third kappa shape index (κ3) is 4.91. The molecule has 1 amide bonds. The van der Waals surface area contributed by atoms with E-state index in [0.29, 0.717) is 12.5 Å². The molecule has 0 atom stereocenters. The standard InChI is InChI=1S/C18H33N3O2/c22-17(21-9-5-2-6-10-21)15-19-11-13-20(14-12-19)16-18(23)7-3-1-4-8-18/h23H,1-16H2. The van der Waals surface area contributed by atoms with Gasteiger partial charge in [-0.15, -0.1) is 0 Å². The van der Waals surface area contributed by atoms with Gasteiger partial charge in [0.25, 0.3) is 0 Å². The second-order valence-electron chi connectivity index (χ2n) is 7.78. The first kappa shape index (κ1) is 17.2. The topological polar surface area (TPSA) is 47.0 Å². The fourth-order valence-corrected chi connectivity index (χ4v) is 4.32. The molecule has 0 unspecified atom stereocenters. The van der Waals surface area contributed by atoms with Crippen molar-refractivity contribution in [2.45, 2.75) is 57.0 Å². The van der Waals surface area contributed by atoms with E-state index in [0.717, 1.165) is 71.5 Å². The van der Waals surface area contributed by atoms with Gasteiger partial charge >= 0.3 is 0 Å². The number of nitrogens with zero attached hydrogens (tertiary/aromatic N) is 3. The Balaban J connectivity index is 1.38. The zero-order valence-corrected chi connectivity index (χ0v) is 14.5. The first-order valence-corrected chi connectivity index (χ1v) is 9.60. The summed E-state index contributed by atoms with van der Waals surface area (Å²) in [5.74, 6) is 0.309. The molecule has 0 aromatic carbocycles. The van der Waals surface area contributed by atoms with E-state index in [1.807, 2.05) is 4.90 Å². The van der Waals surface area contributed by atoms with E-state index in [4.69, 9.17) is 0 Å². The number of β-amino-alcohol motifs (C(OH)–C–C–N with tert-alkyl or cyclic N) is 1. The molecule has 3 aliphatic rings. The first-order valence-electron chi connectivity index (χ1n) is 9.60. The minimum atomic E-state index is -0.454. The summed E-state index contributed by atoms with van der Waals surface area (Å²) in [6, 6.07) is 0. The van der Waals surface area contributed by atoms with Crippen LogP contribution in [0.4, 0.5) is 0 Å². The molecule has 1 saturated carbocycles. The predicted octanol–water partition coefficient (Wildman–Crippen LogP) is 1.31. The van der Waals surface area contributed by atoms with Gasteiger partial charge in [-0.05, 0) is 32.1 Å². The number of piperazine rings is 1. The lowest BCUT2D eigenvalue weighted by atomic mass is 9.84. The van der Waals surface area contributed by atoms with Gasteiger partial charge in [-0.25, -0.2) is 0 Å². The van der Waals surface area contributed by atoms with Gasteiger partial charge in [-0.3, -0.25) is 14.6 Å². The Labute approximate surface area is 140 Å². The Morgan fingerprint density at radius 1 is 0.783 bits per heavy atom. The summed E-state index contributed by atoms with van der Waals surface area (Å²) >= 11 is 0. The first-order chi connectivity index (χ1) is 11.1. The van der Waals surface area contributed by atoms with Crippen molar-refractivity contribution >= 4 is 5.91 Å². The van der Waals surface area contributed by atoms with Gasteiger partial charge in [0.15, 0.2) is 0 Å². The maximum atomic E-state index is 12.3. The number of likely N-dealkylation sites (tertiary alicyclic amines) is 1. The van der Waals surface area contributed by atoms with E-state index in [-0.39, 0.29) is 0 Å². The number of rotatable bonds is 4. The Bertz CT molecular complexity index is 382. The van der Waals surface area contributed by atoms with Crippen molar-refractivity contribution in [1.82, 2.24) is 14.7 Å². The molecule has 2 aliphatic heterocycles. The van der Waals surface area contributed by atoms with Crippen molar-refractivity contribution in [1.29, 1.82) is 0 Å². The molecular formula is C18H33N3O2. The monoisotopic (exact) mass is 323 g/mol. The van der Waals surface area contributed by atoms with Crippen LogP contribution < -0.4 is 0 Å². The quantitative estimate of drug-likeness (QED) is 0.847. The Hall–Kier alpha value is -0.650. The van der Waals surface area contributed by atoms with E-state index in [2.05, 4.69) is 9.80 Å². The van der Waals surface area contributed by atoms with Crippen LogP contribution in [0.3, 0.4) is 0 Å². The summed E-state index contributed by atoms with van der Waals surface area (Å²) in [5.41, 5.74) is -0.454. The summed E-state index contributed by atoms with van der Waals surface area (Å²) < 4.78 is 0. The van der Waals surface area contributed by atoms with E-state index in [9.17, 15) is 9.90 Å². The fraction of sp³-hybridized carbons (Fsp3) is 0.944. The van der Waals surface area contributed by atoms with Gasteiger partial charge in [0.2, 0.25) is 5.91 Å². The number of carbonyl (C=O) groups is 1. The normalized spacial score (nSPS) is 27.1. The molecule has 5 nitrogen and oxygen atoms in total. The zero-order chi connectivity index (χ0) is 16.1. The van der Waals surface area contributed by atoms with E-state index >= 15 is 0 Å². The molecule has 23 heavy (non-hydrogen) atoms. The van der Waals surface area contributed by atoms with Crippen molar-refractivity contribution in [2.24, 2.45) is 0 Å². The lowest BCUT2D eigenvalue weighted by molar-refractivity contribution is -0.134. The molecule has 0 aromatic heterocycles. The van der Waals surface area contributed by atoms with Gasteiger partial charge < -0.3 is 10.0 Å². The third-order valence-corrected chi connectivity index (χ3v) is 5.83. The van der Waals surface area contributed by atoms with Crippen LogP contribution in [-0.4, -0.2) is 83.7 Å². The van der Waals surface area contributed by atoms with Crippen LogP contribution in [-0.2, 0) is 4.79 Å². The highest BCUT2D eigenvalue weighted by atomic mass is 16.3. The van der Waals surface area contributed by atoms with Crippen LogP contribution in [0.2, 0.25) is 0 Å². The zero-order valence-electron chi connectivity index (χ0n) is 14.5. The molecule has 0 spiro atoms. The summed E-state index contributed by atoms with van der Waals surface area (Å²) in [6.07, 6.45) is 9.12. The molecule has 0 bridgehead atoms. The fourth-order valence-electron chi connectivity index (χ4n) is 4.32. The third-order valence-electron chi connectivity index (χ3n) is 5.83. The summed E-state index contributed by atoms with van der Waals surface area (Å²) in [7, 11) is 0. The molecule has 0 radical (unpaired) electrons. The average molecular weight is 323 g/mol. The molecule has 1 aliphatic carbocycles. The van der Waals surface area contributed by atoms with Crippen LogP contribution in [0, 0.1) is 0 Å². The molecule has 3 rings (SSSR count). The molecule has 2 saturated heterocycles. The second-order valence-corrected chi connectivity index (χ2v) is 7.78. The molecule has 132 valence electrons. The van der Waals surface area contributed by atoms with Gasteiger partial charge in [0, 0.05) is 45.8 Å². The van der Waals surface area contributed by atoms with Gasteiger partial charge in [-0.2, -0.15) is 0 Å². The van der Waals surface area contributed by atoms with Crippen molar-refractivity contribution in [3.05, 3.63) is 0 Å². The van der Waals surface area contributed by atoms with Gasteiger partial charge in [-0.1, -0.05) is 19.3 Å². The molecule has 1 N–H and O–H groups in total. The van der Waals surface area contributed by atoms with E-state index in [1.165, 1.54) is 25.7 Å². The second kappa shape index (κ2) is 7.95. The van der Waals surface area contributed by atoms with E-state index in [1.54, 1.807) is 0 Å². The summed E-state index contributed by atoms with van der Waals surface area (Å²) in [4.78, 5) is 19.1. The Kier molecular flexibility index (Phi) is 5.94. The molecule has 5 heteroatoms. The Morgan fingerprint density at radius 2 is 1.35 bits per heavy atom. The van der Waals surface area contributed by atoms with Gasteiger partial charge in [0.1, 0.15) is 0 Å². The average Bonchev–Trinajstić information content (AvgIpc) is 2.58. The van der Waals surface area contributed by atoms with Crippen LogP contribution in [0.5, 0.6) is 0 Å². The number of piperidine rings is 1. The van der Waals surface area contributed by atoms with Crippen molar-refractivity contribution in [2.75, 3.05) is 52.4 Å². The largest absolute Gasteiger partial charge is 0.389 e. The molecule has 3 fully saturated rings. The molecule has 2 heterocycles. The summed E-state index contributed by atoms with van der Waals surface area (Å²) in [5, 5.41) is 10.7. The van der Waals surface area contributed by atoms with Crippen molar-refractivity contribution in [3.8, 4) is 0 Å². The SMILES string of the molecule is O=C(CN1CCN(CC2(O)CCCCC2)CC1)N1CCCCC1. The van der Waals surface area contributed by atoms with Crippen LogP contribution in [0.1, 0.15) is 51.4 Å². The minimum Gasteiger partial charge on any atom is -0.389 e. The highest BCUT2D eigenvalue weighted by molar-refractivity contribution is 5.78. The predicted molar refractivity (Wildman–Crippen MR) is 91.3 cm³/mol. The maximum absolute atomic E-state index is 12.3. The van der Waals surface area contributed by atoms with Crippen molar-refractivity contribution in [3.63, 3.8) is 0 Å². The highest BCUT2D eigenvalue weighted by Crippen LogP contribution is 2.29. The van der Waals surface area contributed by atoms with Crippen LogP contribution in [0.25, 0.3) is 0 Å². The van der Waals surface area contributed by atoms with Crippen LogP contribution in [0.15, 0.2) is 0 Å². The minimum absolute atomic E-state index is 0.309. The smallest absolute Gasteiger partial charge is 0.236 e.